The second kappa shape index (κ2) is 6.89. The summed E-state index contributed by atoms with van der Waals surface area (Å²) >= 11 is 0. The quantitative estimate of drug-likeness (QED) is 0.748. The van der Waals surface area contributed by atoms with E-state index < -0.39 is 5.41 Å². The Hall–Kier alpha value is -1.57. The fraction of sp³-hybridized carbons (Fsp3) is 0.750. The van der Waals surface area contributed by atoms with Crippen molar-refractivity contribution in [2.75, 3.05) is 20.1 Å². The maximum absolute atomic E-state index is 11.9. The number of carbonyl (C=O) groups excluding carboxylic acids is 2. The van der Waals surface area contributed by atoms with Crippen LogP contribution < -0.4 is 5.32 Å². The Balaban J connectivity index is 4.46. The fourth-order valence-corrected chi connectivity index (χ4v) is 1.42. The molecule has 0 saturated carbocycles. The van der Waals surface area contributed by atoms with Gasteiger partial charge < -0.3 is 10.2 Å². The highest BCUT2D eigenvalue weighted by Crippen LogP contribution is 2.25. The highest BCUT2D eigenvalue weighted by atomic mass is 16.2. The highest BCUT2D eigenvalue weighted by Gasteiger charge is 2.35. The molecule has 0 radical (unpaired) electrons. The molecular formula is C12H21N3O2. The molecule has 0 fully saturated rings. The molecule has 0 saturated heterocycles. The van der Waals surface area contributed by atoms with Crippen LogP contribution >= 0.6 is 0 Å². The lowest BCUT2D eigenvalue weighted by atomic mass is 9.83. The molecule has 0 bridgehead atoms. The van der Waals surface area contributed by atoms with Gasteiger partial charge in [0.1, 0.15) is 5.41 Å². The van der Waals surface area contributed by atoms with E-state index in [0.29, 0.717) is 19.4 Å². The van der Waals surface area contributed by atoms with Gasteiger partial charge in [-0.1, -0.05) is 13.8 Å². The van der Waals surface area contributed by atoms with Gasteiger partial charge in [0.2, 0.25) is 11.8 Å². The molecule has 0 aliphatic rings. The summed E-state index contributed by atoms with van der Waals surface area (Å²) < 4.78 is 0. The molecule has 5 heteroatoms. The lowest BCUT2D eigenvalue weighted by Gasteiger charge is -2.22. The van der Waals surface area contributed by atoms with Crippen LogP contribution in [0.2, 0.25) is 0 Å². The van der Waals surface area contributed by atoms with E-state index in [-0.39, 0.29) is 18.4 Å². The van der Waals surface area contributed by atoms with Gasteiger partial charge in [-0.25, -0.2) is 0 Å². The van der Waals surface area contributed by atoms with Gasteiger partial charge in [0.25, 0.3) is 0 Å². The minimum absolute atomic E-state index is 0.0490. The minimum Gasteiger partial charge on any atom is -0.346 e. The molecule has 0 heterocycles. The maximum atomic E-state index is 11.9. The van der Waals surface area contributed by atoms with Crippen molar-refractivity contribution in [3.63, 3.8) is 0 Å². The number of nitriles is 1. The smallest absolute Gasteiger partial charge is 0.241 e. The SMILES string of the molecule is CCN(C)C(=O)CNC(=O)C(C#N)(CC)CC. The van der Waals surface area contributed by atoms with Crippen molar-refractivity contribution in [1.29, 1.82) is 5.26 Å². The van der Waals surface area contributed by atoms with Crippen LogP contribution in [0.3, 0.4) is 0 Å². The topological polar surface area (TPSA) is 73.2 Å². The van der Waals surface area contributed by atoms with Gasteiger partial charge in [0.05, 0.1) is 12.6 Å². The standard InChI is InChI=1S/C12H21N3O2/c1-5-12(6-2,9-13)11(17)14-8-10(16)15(4)7-3/h5-8H2,1-4H3,(H,14,17). The van der Waals surface area contributed by atoms with Crippen LogP contribution in [-0.2, 0) is 9.59 Å². The Kier molecular flexibility index (Phi) is 6.26. The molecule has 5 nitrogen and oxygen atoms in total. The number of nitrogens with zero attached hydrogens (tertiary/aromatic N) is 2. The molecular weight excluding hydrogens is 218 g/mol. The lowest BCUT2D eigenvalue weighted by molar-refractivity contribution is -0.134. The zero-order valence-electron chi connectivity index (χ0n) is 11.0. The largest absolute Gasteiger partial charge is 0.346 e. The normalized spacial score (nSPS) is 10.5. The summed E-state index contributed by atoms with van der Waals surface area (Å²) in [5, 5.41) is 11.6. The Morgan fingerprint density at radius 3 is 2.18 bits per heavy atom. The van der Waals surface area contributed by atoms with E-state index in [1.165, 1.54) is 4.90 Å². The number of rotatable bonds is 6. The van der Waals surface area contributed by atoms with E-state index in [2.05, 4.69) is 5.32 Å². The summed E-state index contributed by atoms with van der Waals surface area (Å²) in [7, 11) is 1.67. The van der Waals surface area contributed by atoms with Gasteiger partial charge in [-0.2, -0.15) is 5.26 Å². The summed E-state index contributed by atoms with van der Waals surface area (Å²) in [4.78, 5) is 24.9. The van der Waals surface area contributed by atoms with Crippen LogP contribution in [0, 0.1) is 16.7 Å². The van der Waals surface area contributed by atoms with Crippen molar-refractivity contribution in [1.82, 2.24) is 10.2 Å². The van der Waals surface area contributed by atoms with E-state index in [4.69, 9.17) is 5.26 Å². The van der Waals surface area contributed by atoms with Crippen LogP contribution in [0.25, 0.3) is 0 Å². The molecule has 96 valence electrons. The molecule has 0 rings (SSSR count). The third kappa shape index (κ3) is 3.74. The Morgan fingerprint density at radius 2 is 1.82 bits per heavy atom. The van der Waals surface area contributed by atoms with E-state index in [9.17, 15) is 9.59 Å². The number of nitrogens with one attached hydrogen (secondary N) is 1. The molecule has 0 unspecified atom stereocenters. The van der Waals surface area contributed by atoms with E-state index in [1.807, 2.05) is 13.0 Å². The van der Waals surface area contributed by atoms with Crippen molar-refractivity contribution in [3.8, 4) is 6.07 Å². The van der Waals surface area contributed by atoms with Crippen molar-refractivity contribution in [3.05, 3.63) is 0 Å². The Labute approximate surface area is 103 Å². The molecule has 0 aromatic rings. The fourth-order valence-electron chi connectivity index (χ4n) is 1.42. The molecule has 2 amide bonds. The minimum atomic E-state index is -1.01. The first-order valence-corrected chi connectivity index (χ1v) is 5.90. The summed E-state index contributed by atoms with van der Waals surface area (Å²) in [5.41, 5.74) is -1.01. The van der Waals surface area contributed by atoms with Gasteiger partial charge in [0, 0.05) is 13.6 Å². The predicted octanol–water partition coefficient (Wildman–Crippen LogP) is 0.911. The predicted molar refractivity (Wildman–Crippen MR) is 64.9 cm³/mol. The van der Waals surface area contributed by atoms with Crippen molar-refractivity contribution < 1.29 is 9.59 Å². The van der Waals surface area contributed by atoms with E-state index in [0.717, 1.165) is 0 Å². The first kappa shape index (κ1) is 15.4. The molecule has 0 aliphatic heterocycles. The van der Waals surface area contributed by atoms with E-state index in [1.54, 1.807) is 20.9 Å². The van der Waals surface area contributed by atoms with Crippen molar-refractivity contribution in [2.45, 2.75) is 33.6 Å². The van der Waals surface area contributed by atoms with Crippen LogP contribution in [0.1, 0.15) is 33.6 Å². The monoisotopic (exact) mass is 239 g/mol. The third-order valence-electron chi connectivity index (χ3n) is 3.16. The first-order valence-electron chi connectivity index (χ1n) is 5.90. The van der Waals surface area contributed by atoms with Crippen LogP contribution in [0.5, 0.6) is 0 Å². The van der Waals surface area contributed by atoms with Crippen molar-refractivity contribution in [2.24, 2.45) is 5.41 Å². The Bertz CT molecular complexity index is 316. The average Bonchev–Trinajstić information content (AvgIpc) is 2.37. The molecule has 0 spiro atoms. The second-order valence-electron chi connectivity index (χ2n) is 3.99. The summed E-state index contributed by atoms with van der Waals surface area (Å²) in [5.74, 6) is -0.511. The molecule has 1 N–H and O–H groups in total. The molecule has 17 heavy (non-hydrogen) atoms. The van der Waals surface area contributed by atoms with E-state index >= 15 is 0 Å². The zero-order valence-corrected chi connectivity index (χ0v) is 11.0. The van der Waals surface area contributed by atoms with Crippen molar-refractivity contribution >= 4 is 11.8 Å². The summed E-state index contributed by atoms with van der Waals surface area (Å²) in [6.07, 6.45) is 0.896. The van der Waals surface area contributed by atoms with Gasteiger partial charge in [-0.3, -0.25) is 9.59 Å². The third-order valence-corrected chi connectivity index (χ3v) is 3.16. The average molecular weight is 239 g/mol. The van der Waals surface area contributed by atoms with Gasteiger partial charge in [0.15, 0.2) is 0 Å². The van der Waals surface area contributed by atoms with Crippen LogP contribution in [-0.4, -0.2) is 36.9 Å². The zero-order chi connectivity index (χ0) is 13.5. The summed E-state index contributed by atoms with van der Waals surface area (Å²) in [6, 6.07) is 2.04. The Morgan fingerprint density at radius 1 is 1.29 bits per heavy atom. The molecule has 0 atom stereocenters. The summed E-state index contributed by atoms with van der Waals surface area (Å²) in [6.45, 7) is 6.00. The number of likely N-dealkylation sites (N-methyl/N-ethyl adjacent to an activating group) is 1. The first-order chi connectivity index (χ1) is 7.97. The highest BCUT2D eigenvalue weighted by molar-refractivity contribution is 5.89. The number of hydrogen-bond donors (Lipinski definition) is 1. The van der Waals surface area contributed by atoms with Gasteiger partial charge >= 0.3 is 0 Å². The lowest BCUT2D eigenvalue weighted by Crippen LogP contribution is -2.44. The molecule has 0 aromatic carbocycles. The van der Waals surface area contributed by atoms with Crippen LogP contribution in [0.15, 0.2) is 0 Å². The van der Waals surface area contributed by atoms with Gasteiger partial charge in [-0.05, 0) is 19.8 Å². The van der Waals surface area contributed by atoms with Crippen LogP contribution in [0.4, 0.5) is 0 Å². The van der Waals surface area contributed by atoms with Gasteiger partial charge in [-0.15, -0.1) is 0 Å². The molecule has 0 aliphatic carbocycles. The number of amides is 2. The molecule has 0 aromatic heterocycles. The second-order valence-corrected chi connectivity index (χ2v) is 3.99. The number of carbonyl (C=O) groups is 2. The number of hydrogen-bond acceptors (Lipinski definition) is 3. The maximum Gasteiger partial charge on any atom is 0.241 e.